The number of anilines is 2. The first-order chi connectivity index (χ1) is 19.8. The second kappa shape index (κ2) is 12.4. The molecule has 4 N–H and O–H groups in total. The van der Waals surface area contributed by atoms with Crippen LogP contribution >= 0.6 is 0 Å². The number of hydrogen-bond acceptors (Lipinski definition) is 8. The van der Waals surface area contributed by atoms with Crippen LogP contribution in [-0.4, -0.2) is 60.2 Å². The van der Waals surface area contributed by atoms with Crippen LogP contribution in [0.2, 0.25) is 0 Å². The number of carbonyl (C=O) groups excluding carboxylic acids is 1. The Morgan fingerprint density at radius 3 is 2.26 bits per heavy atom. The van der Waals surface area contributed by atoms with Gasteiger partial charge in [0.05, 0.1) is 17.0 Å². The fourth-order valence-electron chi connectivity index (χ4n) is 4.81. The van der Waals surface area contributed by atoms with Crippen molar-refractivity contribution in [1.29, 1.82) is 0 Å². The Hall–Kier alpha value is -4.10. The number of nitrogens with zero attached hydrogens (tertiary/aromatic N) is 3. The molecule has 42 heavy (non-hydrogen) atoms. The highest BCUT2D eigenvalue weighted by Crippen LogP contribution is 2.34. The summed E-state index contributed by atoms with van der Waals surface area (Å²) in [5.74, 6) is -2.06. The highest BCUT2D eigenvalue weighted by atomic mass is 32.2. The molecule has 2 heterocycles. The summed E-state index contributed by atoms with van der Waals surface area (Å²) in [6, 6.07) is 13.2. The van der Waals surface area contributed by atoms with Crippen LogP contribution in [0.25, 0.3) is 0 Å². The third-order valence-corrected chi connectivity index (χ3v) is 8.84. The first-order valence-corrected chi connectivity index (χ1v) is 15.0. The molecule has 224 valence electrons. The highest BCUT2D eigenvalue weighted by molar-refractivity contribution is 7.89. The van der Waals surface area contributed by atoms with Crippen molar-refractivity contribution in [3.63, 3.8) is 0 Å². The van der Waals surface area contributed by atoms with Gasteiger partial charge in [0.15, 0.2) is 0 Å². The maximum Gasteiger partial charge on any atom is 0.307 e. The van der Waals surface area contributed by atoms with Gasteiger partial charge in [-0.25, -0.2) is 22.8 Å². The lowest BCUT2D eigenvalue weighted by Crippen LogP contribution is -2.68. The van der Waals surface area contributed by atoms with Crippen molar-refractivity contribution < 1.29 is 27.5 Å². The number of benzene rings is 2. The minimum absolute atomic E-state index is 0.0576. The molecule has 0 saturated carbocycles. The molecule has 4 rings (SSSR count). The molecule has 0 spiro atoms. The number of nitrogens with one attached hydrogen (secondary N) is 3. The summed E-state index contributed by atoms with van der Waals surface area (Å²) in [5.41, 5.74) is -2.74. The van der Waals surface area contributed by atoms with Gasteiger partial charge in [-0.1, -0.05) is 39.0 Å². The Labute approximate surface area is 244 Å². The predicted molar refractivity (Wildman–Crippen MR) is 156 cm³/mol. The molecule has 1 aromatic heterocycles. The van der Waals surface area contributed by atoms with E-state index in [4.69, 9.17) is 0 Å². The molecule has 1 unspecified atom stereocenters. The van der Waals surface area contributed by atoms with E-state index in [-0.39, 0.29) is 22.2 Å². The standard InChI is InChI=1S/C29H35FN6O5S/c1-28(2,3)29(19-25(37)38,35-42(40,41)22-8-5-4-6-9-22)34-26(39)20-10-11-23(30)24(18-20)36-16-12-21(13-17-36)33-27-31-14-7-15-32-27/h4-11,14-15,18,21,35H,12-13,16-17,19H2,1-3H3,(H,34,39)(H,37,38)(H,31,32,33). The van der Waals surface area contributed by atoms with Gasteiger partial charge in [0, 0.05) is 42.5 Å². The smallest absolute Gasteiger partial charge is 0.307 e. The average molecular weight is 599 g/mol. The van der Waals surface area contributed by atoms with E-state index < -0.39 is 45.2 Å². The van der Waals surface area contributed by atoms with E-state index >= 15 is 0 Å². The maximum absolute atomic E-state index is 15.0. The Bertz CT molecular complexity index is 1510. The third kappa shape index (κ3) is 7.21. The fraction of sp³-hybridized carbons (Fsp3) is 0.379. The molecule has 1 saturated heterocycles. The Kier molecular flexibility index (Phi) is 9.12. The summed E-state index contributed by atoms with van der Waals surface area (Å²) in [4.78, 5) is 35.7. The van der Waals surface area contributed by atoms with Gasteiger partial charge in [-0.3, -0.25) is 9.59 Å². The fourth-order valence-corrected chi connectivity index (χ4v) is 6.33. The number of rotatable bonds is 10. The Balaban J connectivity index is 1.57. The molecule has 1 fully saturated rings. The topological polar surface area (TPSA) is 154 Å². The summed E-state index contributed by atoms with van der Waals surface area (Å²) >= 11 is 0. The number of carboxylic acids is 1. The van der Waals surface area contributed by atoms with Crippen LogP contribution < -0.4 is 20.3 Å². The van der Waals surface area contributed by atoms with Crippen LogP contribution in [0, 0.1) is 11.2 Å². The maximum atomic E-state index is 15.0. The minimum atomic E-state index is -4.25. The molecule has 1 amide bonds. The normalized spacial score (nSPS) is 16.0. The van der Waals surface area contributed by atoms with Gasteiger partial charge in [0.25, 0.3) is 5.91 Å². The number of aliphatic carboxylic acids is 1. The number of aromatic nitrogens is 2. The third-order valence-electron chi connectivity index (χ3n) is 7.33. The predicted octanol–water partition coefficient (Wildman–Crippen LogP) is 3.62. The van der Waals surface area contributed by atoms with Gasteiger partial charge in [-0.15, -0.1) is 0 Å². The van der Waals surface area contributed by atoms with Gasteiger partial charge in [-0.05, 0) is 49.2 Å². The SMILES string of the molecule is CC(C)(C)C(CC(=O)O)(NC(=O)c1ccc(F)c(N2CCC(Nc3ncccn3)CC2)c1)NS(=O)(=O)c1ccccc1. The monoisotopic (exact) mass is 598 g/mol. The molecule has 3 aromatic rings. The van der Waals surface area contributed by atoms with Crippen molar-refractivity contribution in [3.8, 4) is 0 Å². The van der Waals surface area contributed by atoms with Crippen LogP contribution in [-0.2, 0) is 14.8 Å². The van der Waals surface area contributed by atoms with Crippen LogP contribution in [0.4, 0.5) is 16.0 Å². The molecule has 13 heteroatoms. The zero-order chi connectivity index (χ0) is 30.5. The van der Waals surface area contributed by atoms with Gasteiger partial charge >= 0.3 is 5.97 Å². The number of piperidine rings is 1. The first kappa shape index (κ1) is 30.8. The van der Waals surface area contributed by atoms with Crippen molar-refractivity contribution in [2.24, 2.45) is 5.41 Å². The molecule has 2 aromatic carbocycles. The lowest BCUT2D eigenvalue weighted by molar-refractivity contribution is -0.140. The molecule has 0 bridgehead atoms. The van der Waals surface area contributed by atoms with Crippen molar-refractivity contribution >= 4 is 33.5 Å². The van der Waals surface area contributed by atoms with E-state index in [9.17, 15) is 27.5 Å². The van der Waals surface area contributed by atoms with E-state index in [0.29, 0.717) is 31.9 Å². The van der Waals surface area contributed by atoms with Crippen molar-refractivity contribution in [3.05, 3.63) is 78.4 Å². The van der Waals surface area contributed by atoms with Gasteiger partial charge in [0.2, 0.25) is 16.0 Å². The molecule has 1 aliphatic rings. The molecular weight excluding hydrogens is 563 g/mol. The molecular formula is C29H35FN6O5S. The van der Waals surface area contributed by atoms with E-state index in [1.807, 2.05) is 4.90 Å². The zero-order valence-corrected chi connectivity index (χ0v) is 24.5. The summed E-state index contributed by atoms with van der Waals surface area (Å²) in [6.07, 6.45) is 3.91. The highest BCUT2D eigenvalue weighted by Gasteiger charge is 2.48. The van der Waals surface area contributed by atoms with E-state index in [1.165, 1.54) is 42.5 Å². The van der Waals surface area contributed by atoms with E-state index in [0.717, 1.165) is 0 Å². The number of carboxylic acid groups (broad SMARTS) is 1. The molecule has 1 atom stereocenters. The minimum Gasteiger partial charge on any atom is -0.481 e. The van der Waals surface area contributed by atoms with Crippen LogP contribution in [0.1, 0.15) is 50.4 Å². The number of hydrogen-bond donors (Lipinski definition) is 4. The second-order valence-corrected chi connectivity index (χ2v) is 12.9. The van der Waals surface area contributed by atoms with Crippen molar-refractivity contribution in [1.82, 2.24) is 20.0 Å². The zero-order valence-electron chi connectivity index (χ0n) is 23.7. The first-order valence-electron chi connectivity index (χ1n) is 13.5. The summed E-state index contributed by atoms with van der Waals surface area (Å²) in [7, 11) is -4.25. The molecule has 0 aliphatic carbocycles. The van der Waals surface area contributed by atoms with E-state index in [2.05, 4.69) is 25.3 Å². The largest absolute Gasteiger partial charge is 0.481 e. The second-order valence-electron chi connectivity index (χ2n) is 11.2. The quantitative estimate of drug-likeness (QED) is 0.256. The van der Waals surface area contributed by atoms with Crippen LogP contribution in [0.3, 0.4) is 0 Å². The number of carbonyl (C=O) groups is 2. The number of sulfonamides is 1. The Morgan fingerprint density at radius 2 is 1.67 bits per heavy atom. The van der Waals surface area contributed by atoms with E-state index in [1.54, 1.807) is 45.3 Å². The lowest BCUT2D eigenvalue weighted by atomic mass is 9.78. The average Bonchev–Trinajstić information content (AvgIpc) is 2.93. The summed E-state index contributed by atoms with van der Waals surface area (Å²) < 4.78 is 44.1. The summed E-state index contributed by atoms with van der Waals surface area (Å²) in [6.45, 7) is 5.89. The van der Waals surface area contributed by atoms with Crippen LogP contribution in [0.5, 0.6) is 0 Å². The van der Waals surface area contributed by atoms with Crippen molar-refractivity contribution in [2.75, 3.05) is 23.3 Å². The van der Waals surface area contributed by atoms with Crippen LogP contribution in [0.15, 0.2) is 71.9 Å². The van der Waals surface area contributed by atoms with Gasteiger partial charge in [-0.2, -0.15) is 4.72 Å². The molecule has 0 radical (unpaired) electrons. The van der Waals surface area contributed by atoms with Gasteiger partial charge in [0.1, 0.15) is 11.5 Å². The van der Waals surface area contributed by atoms with Crippen molar-refractivity contribution in [2.45, 2.75) is 56.6 Å². The Morgan fingerprint density at radius 1 is 1.02 bits per heavy atom. The lowest BCUT2D eigenvalue weighted by Gasteiger charge is -2.44. The molecule has 1 aliphatic heterocycles. The molecule has 11 nitrogen and oxygen atoms in total. The number of amides is 1. The number of halogens is 1. The van der Waals surface area contributed by atoms with Gasteiger partial charge < -0.3 is 20.6 Å². The summed E-state index contributed by atoms with van der Waals surface area (Å²) in [5, 5.41) is 15.7.